The van der Waals surface area contributed by atoms with Gasteiger partial charge < -0.3 is 10.6 Å². The predicted molar refractivity (Wildman–Crippen MR) is 104 cm³/mol. The second-order valence-electron chi connectivity index (χ2n) is 6.32. The molecule has 26 heavy (non-hydrogen) atoms. The Morgan fingerprint density at radius 3 is 2.27 bits per heavy atom. The van der Waals surface area contributed by atoms with Gasteiger partial charge in [-0.25, -0.2) is 0 Å². The van der Waals surface area contributed by atoms with Crippen LogP contribution in [0, 0.1) is 5.92 Å². The highest BCUT2D eigenvalue weighted by molar-refractivity contribution is 6.22. The molecule has 1 aliphatic rings. The van der Waals surface area contributed by atoms with E-state index in [0.29, 0.717) is 5.56 Å². The Bertz CT molecular complexity index is 852. The van der Waals surface area contributed by atoms with Crippen molar-refractivity contribution >= 4 is 28.8 Å². The molecule has 0 unspecified atom stereocenters. The summed E-state index contributed by atoms with van der Waals surface area (Å²) >= 11 is 0. The lowest BCUT2D eigenvalue weighted by Crippen LogP contribution is -2.36. The number of ketones is 1. The summed E-state index contributed by atoms with van der Waals surface area (Å²) in [5, 5.41) is 0. The summed E-state index contributed by atoms with van der Waals surface area (Å²) in [7, 11) is 0. The van der Waals surface area contributed by atoms with Crippen LogP contribution in [0.25, 0.3) is 0 Å². The van der Waals surface area contributed by atoms with Crippen molar-refractivity contribution in [1.29, 1.82) is 0 Å². The first-order valence-electron chi connectivity index (χ1n) is 8.90. The molecule has 2 aromatic rings. The van der Waals surface area contributed by atoms with Crippen molar-refractivity contribution < 1.29 is 9.59 Å². The number of nitrogens with zero attached hydrogens (tertiary/aromatic N) is 2. The van der Waals surface area contributed by atoms with Gasteiger partial charge in [0, 0.05) is 36.3 Å². The predicted octanol–water partition coefficient (Wildman–Crippen LogP) is 3.34. The third-order valence-electron chi connectivity index (χ3n) is 4.80. The van der Waals surface area contributed by atoms with Gasteiger partial charge in [-0.2, -0.15) is 0 Å². The number of anilines is 1. The van der Waals surface area contributed by atoms with E-state index < -0.39 is 11.8 Å². The number of hydrogen-bond acceptors (Lipinski definition) is 4. The number of amides is 1. The summed E-state index contributed by atoms with van der Waals surface area (Å²) in [5.74, 6) is -1.67. The molecule has 0 saturated carbocycles. The molecule has 0 radical (unpaired) electrons. The lowest BCUT2D eigenvalue weighted by atomic mass is 9.81. The van der Waals surface area contributed by atoms with Crippen LogP contribution in [-0.2, 0) is 4.79 Å². The zero-order chi connectivity index (χ0) is 18.7. The molecule has 0 saturated heterocycles. The van der Waals surface area contributed by atoms with Crippen LogP contribution < -0.4 is 10.6 Å². The van der Waals surface area contributed by atoms with E-state index >= 15 is 0 Å². The van der Waals surface area contributed by atoms with E-state index in [9.17, 15) is 9.59 Å². The van der Waals surface area contributed by atoms with Crippen molar-refractivity contribution in [2.24, 2.45) is 16.6 Å². The van der Waals surface area contributed by atoms with E-state index in [1.54, 1.807) is 12.1 Å². The highest BCUT2D eigenvalue weighted by atomic mass is 16.2. The van der Waals surface area contributed by atoms with E-state index in [-0.39, 0.29) is 12.2 Å². The highest BCUT2D eigenvalue weighted by Gasteiger charge is 2.34. The number of carbonyl (C=O) groups excluding carboxylic acids is 2. The third kappa shape index (κ3) is 3.38. The molecule has 0 heterocycles. The number of primary amides is 1. The second kappa shape index (κ2) is 7.52. The fourth-order valence-electron chi connectivity index (χ4n) is 3.35. The minimum atomic E-state index is -0.849. The van der Waals surface area contributed by atoms with Gasteiger partial charge in [0.2, 0.25) is 5.91 Å². The zero-order valence-corrected chi connectivity index (χ0v) is 15.1. The van der Waals surface area contributed by atoms with Crippen molar-refractivity contribution in [3.05, 3.63) is 59.7 Å². The molecular weight excluding hydrogens is 326 g/mol. The van der Waals surface area contributed by atoms with Gasteiger partial charge >= 0.3 is 0 Å². The molecule has 0 spiro atoms. The fraction of sp³-hybridized carbons (Fsp3) is 0.286. The first-order chi connectivity index (χ1) is 12.5. The first-order valence-corrected chi connectivity index (χ1v) is 8.90. The number of fused-ring (bicyclic) bond motifs is 1. The average molecular weight is 349 g/mol. The Morgan fingerprint density at radius 2 is 1.69 bits per heavy atom. The standard InChI is InChI=1S/C21H23N3O2/c1-3-24(4-2)15-11-9-14(10-12-15)23-19-13-18(21(22)26)20(25)17-8-6-5-7-16(17)19/h5-12,18H,3-4,13H2,1-2H3,(H2,22,26)/t18-/m0/s1. The van der Waals surface area contributed by atoms with Crippen molar-refractivity contribution in [2.45, 2.75) is 20.3 Å². The topological polar surface area (TPSA) is 75.8 Å². The maximum Gasteiger partial charge on any atom is 0.228 e. The molecule has 2 N–H and O–H groups in total. The number of nitrogens with two attached hydrogens (primary N) is 1. The summed E-state index contributed by atoms with van der Waals surface area (Å²) in [4.78, 5) is 31.2. The Kier molecular flexibility index (Phi) is 5.16. The smallest absolute Gasteiger partial charge is 0.228 e. The van der Waals surface area contributed by atoms with E-state index in [1.165, 1.54) is 0 Å². The summed E-state index contributed by atoms with van der Waals surface area (Å²) in [6, 6.07) is 15.2. The Morgan fingerprint density at radius 1 is 1.08 bits per heavy atom. The number of hydrogen-bond donors (Lipinski definition) is 1. The van der Waals surface area contributed by atoms with Crippen LogP contribution in [0.2, 0.25) is 0 Å². The van der Waals surface area contributed by atoms with Crippen LogP contribution in [0.5, 0.6) is 0 Å². The molecule has 5 heteroatoms. The van der Waals surface area contributed by atoms with Gasteiger partial charge in [0.1, 0.15) is 5.92 Å². The zero-order valence-electron chi connectivity index (χ0n) is 15.1. The second-order valence-corrected chi connectivity index (χ2v) is 6.32. The maximum absolute atomic E-state index is 12.5. The Balaban J connectivity index is 1.98. The summed E-state index contributed by atoms with van der Waals surface area (Å²) < 4.78 is 0. The largest absolute Gasteiger partial charge is 0.372 e. The van der Waals surface area contributed by atoms with Gasteiger partial charge in [0.05, 0.1) is 11.4 Å². The number of benzene rings is 2. The van der Waals surface area contributed by atoms with Crippen molar-refractivity contribution in [1.82, 2.24) is 0 Å². The van der Waals surface area contributed by atoms with Crippen molar-refractivity contribution in [2.75, 3.05) is 18.0 Å². The molecule has 0 fully saturated rings. The van der Waals surface area contributed by atoms with Crippen LogP contribution in [-0.4, -0.2) is 30.5 Å². The molecule has 1 amide bonds. The normalized spacial score (nSPS) is 17.8. The maximum atomic E-state index is 12.5. The monoisotopic (exact) mass is 349 g/mol. The number of aliphatic imine (C=N–C) groups is 1. The van der Waals surface area contributed by atoms with Crippen LogP contribution in [0.1, 0.15) is 36.2 Å². The minimum Gasteiger partial charge on any atom is -0.372 e. The van der Waals surface area contributed by atoms with Gasteiger partial charge in [-0.15, -0.1) is 0 Å². The molecule has 2 aromatic carbocycles. The molecular formula is C21H23N3O2. The van der Waals surface area contributed by atoms with E-state index in [1.807, 2.05) is 36.4 Å². The van der Waals surface area contributed by atoms with E-state index in [2.05, 4.69) is 18.7 Å². The quantitative estimate of drug-likeness (QED) is 0.841. The van der Waals surface area contributed by atoms with Crippen LogP contribution in [0.15, 0.2) is 53.5 Å². The van der Waals surface area contributed by atoms with Gasteiger partial charge in [-0.3, -0.25) is 14.6 Å². The van der Waals surface area contributed by atoms with Crippen molar-refractivity contribution in [3.8, 4) is 0 Å². The molecule has 1 atom stereocenters. The third-order valence-corrected chi connectivity index (χ3v) is 4.80. The Hall–Kier alpha value is -2.95. The summed E-state index contributed by atoms with van der Waals surface area (Å²) in [6.07, 6.45) is 0.239. The molecule has 1 aliphatic carbocycles. The van der Waals surface area contributed by atoms with E-state index in [0.717, 1.165) is 35.7 Å². The van der Waals surface area contributed by atoms with Crippen LogP contribution in [0.3, 0.4) is 0 Å². The van der Waals surface area contributed by atoms with Crippen LogP contribution in [0.4, 0.5) is 11.4 Å². The summed E-state index contributed by atoms with van der Waals surface area (Å²) in [5.41, 5.74) is 9.39. The van der Waals surface area contributed by atoms with E-state index in [4.69, 9.17) is 10.7 Å². The summed E-state index contributed by atoms with van der Waals surface area (Å²) in [6.45, 7) is 6.13. The SMILES string of the molecule is CCN(CC)c1ccc(N=C2C[C@H](C(N)=O)C(=O)c3ccccc32)cc1. The molecule has 0 aliphatic heterocycles. The molecule has 5 nitrogen and oxygen atoms in total. The van der Waals surface area contributed by atoms with Gasteiger partial charge in [-0.1, -0.05) is 24.3 Å². The molecule has 0 bridgehead atoms. The van der Waals surface area contributed by atoms with Crippen LogP contribution >= 0.6 is 0 Å². The first kappa shape index (κ1) is 17.9. The number of carbonyl (C=O) groups is 2. The lowest BCUT2D eigenvalue weighted by molar-refractivity contribution is -0.120. The lowest BCUT2D eigenvalue weighted by Gasteiger charge is -2.23. The van der Waals surface area contributed by atoms with Gasteiger partial charge in [-0.05, 0) is 38.1 Å². The van der Waals surface area contributed by atoms with Gasteiger partial charge in [0.25, 0.3) is 0 Å². The van der Waals surface area contributed by atoms with Gasteiger partial charge in [0.15, 0.2) is 5.78 Å². The highest BCUT2D eigenvalue weighted by Crippen LogP contribution is 2.29. The van der Waals surface area contributed by atoms with Crippen molar-refractivity contribution in [3.63, 3.8) is 0 Å². The average Bonchev–Trinajstić information content (AvgIpc) is 2.66. The molecule has 3 rings (SSSR count). The number of rotatable bonds is 5. The fourth-order valence-corrected chi connectivity index (χ4v) is 3.35. The molecule has 134 valence electrons. The Labute approximate surface area is 153 Å². The number of Topliss-reactive ketones (excluding diaryl/α,β-unsaturated/α-hetero) is 1. The molecule has 0 aromatic heterocycles. The minimum absolute atomic E-state index is 0.219.